The molecule has 0 radical (unpaired) electrons. The largest absolute Gasteiger partial charge is 0.377 e. The van der Waals surface area contributed by atoms with Crippen LogP contribution in [0.4, 0.5) is 0 Å². The Kier molecular flexibility index (Phi) is 2.36. The maximum atomic E-state index is 8.92. The molecule has 0 aromatic carbocycles. The molecule has 0 amide bonds. The summed E-state index contributed by atoms with van der Waals surface area (Å²) >= 11 is 5.49. The second kappa shape index (κ2) is 2.89. The highest BCUT2D eigenvalue weighted by Gasteiger charge is 2.27. The lowest BCUT2D eigenvalue weighted by Gasteiger charge is -2.32. The standard InChI is InChI=1S/C7H13ClO/c1-5(7(8)9)6-3-2-4-6/h5-7,9H,2-4H2,1H3. The number of halogens is 1. The molecule has 2 atom stereocenters. The molecule has 1 saturated carbocycles. The zero-order valence-corrected chi connectivity index (χ0v) is 6.43. The van der Waals surface area contributed by atoms with Crippen LogP contribution in [0.25, 0.3) is 0 Å². The van der Waals surface area contributed by atoms with Gasteiger partial charge in [0.1, 0.15) is 5.56 Å². The van der Waals surface area contributed by atoms with Gasteiger partial charge in [-0.1, -0.05) is 37.8 Å². The molecule has 0 saturated heterocycles. The van der Waals surface area contributed by atoms with Crippen LogP contribution in [0.2, 0.25) is 0 Å². The summed E-state index contributed by atoms with van der Waals surface area (Å²) in [7, 11) is 0. The molecule has 1 N–H and O–H groups in total. The van der Waals surface area contributed by atoms with Gasteiger partial charge in [-0.2, -0.15) is 0 Å². The topological polar surface area (TPSA) is 20.2 Å². The predicted molar refractivity (Wildman–Crippen MR) is 38.4 cm³/mol. The van der Waals surface area contributed by atoms with Crippen LogP contribution in [0.3, 0.4) is 0 Å². The Morgan fingerprint density at radius 3 is 2.22 bits per heavy atom. The quantitative estimate of drug-likeness (QED) is 0.594. The van der Waals surface area contributed by atoms with Gasteiger partial charge in [-0.3, -0.25) is 0 Å². The molecule has 2 heteroatoms. The van der Waals surface area contributed by atoms with Crippen molar-refractivity contribution >= 4 is 11.6 Å². The number of alkyl halides is 1. The Morgan fingerprint density at radius 2 is 2.11 bits per heavy atom. The zero-order valence-electron chi connectivity index (χ0n) is 5.68. The molecule has 0 aromatic heterocycles. The van der Waals surface area contributed by atoms with Crippen molar-refractivity contribution < 1.29 is 5.11 Å². The Morgan fingerprint density at radius 1 is 1.56 bits per heavy atom. The van der Waals surface area contributed by atoms with Crippen LogP contribution in [-0.2, 0) is 0 Å². The summed E-state index contributed by atoms with van der Waals surface area (Å²) in [5.74, 6) is 0.984. The van der Waals surface area contributed by atoms with E-state index in [2.05, 4.69) is 0 Å². The van der Waals surface area contributed by atoms with Crippen molar-refractivity contribution in [1.82, 2.24) is 0 Å². The minimum atomic E-state index is -0.629. The van der Waals surface area contributed by atoms with E-state index in [1.165, 1.54) is 19.3 Å². The van der Waals surface area contributed by atoms with Crippen molar-refractivity contribution in [3.63, 3.8) is 0 Å². The molecule has 54 valence electrons. The van der Waals surface area contributed by atoms with Gasteiger partial charge in [0.15, 0.2) is 0 Å². The van der Waals surface area contributed by atoms with Gasteiger partial charge in [-0.15, -0.1) is 0 Å². The van der Waals surface area contributed by atoms with Gasteiger partial charge in [0.05, 0.1) is 0 Å². The molecule has 2 unspecified atom stereocenters. The van der Waals surface area contributed by atoms with E-state index in [-0.39, 0.29) is 0 Å². The third kappa shape index (κ3) is 1.59. The average Bonchev–Trinajstić information content (AvgIpc) is 1.60. The van der Waals surface area contributed by atoms with E-state index in [9.17, 15) is 0 Å². The first-order valence-electron chi connectivity index (χ1n) is 3.54. The first-order chi connectivity index (χ1) is 4.22. The SMILES string of the molecule is CC(C(O)Cl)C1CCC1. The lowest BCUT2D eigenvalue weighted by atomic mass is 9.77. The molecule has 0 aromatic rings. The summed E-state index contributed by atoms with van der Waals surface area (Å²) in [5, 5.41) is 8.92. The molecule has 1 aliphatic rings. The minimum absolute atomic E-state index is 0.292. The van der Waals surface area contributed by atoms with Gasteiger partial charge in [0.2, 0.25) is 0 Å². The van der Waals surface area contributed by atoms with E-state index in [0.29, 0.717) is 11.8 Å². The van der Waals surface area contributed by atoms with Crippen LogP contribution in [0, 0.1) is 11.8 Å². The lowest BCUT2D eigenvalue weighted by molar-refractivity contribution is 0.109. The highest BCUT2D eigenvalue weighted by atomic mass is 35.5. The first-order valence-corrected chi connectivity index (χ1v) is 3.97. The Bertz CT molecular complexity index is 88.9. The normalized spacial score (nSPS) is 27.0. The van der Waals surface area contributed by atoms with E-state index >= 15 is 0 Å². The van der Waals surface area contributed by atoms with Crippen LogP contribution in [0.1, 0.15) is 26.2 Å². The molecule has 9 heavy (non-hydrogen) atoms. The summed E-state index contributed by atoms with van der Waals surface area (Å²) in [5.41, 5.74) is -0.629. The van der Waals surface area contributed by atoms with Crippen molar-refractivity contribution in [1.29, 1.82) is 0 Å². The van der Waals surface area contributed by atoms with Crippen molar-refractivity contribution in [2.24, 2.45) is 11.8 Å². The monoisotopic (exact) mass is 148 g/mol. The number of aliphatic hydroxyl groups excluding tert-OH is 1. The third-order valence-electron chi connectivity index (χ3n) is 2.33. The number of hydrogen-bond acceptors (Lipinski definition) is 1. The number of rotatable bonds is 2. The van der Waals surface area contributed by atoms with Crippen LogP contribution in [0.5, 0.6) is 0 Å². The lowest BCUT2D eigenvalue weighted by Crippen LogP contribution is -2.26. The zero-order chi connectivity index (χ0) is 6.85. The fourth-order valence-electron chi connectivity index (χ4n) is 1.19. The van der Waals surface area contributed by atoms with Crippen molar-refractivity contribution in [3.8, 4) is 0 Å². The average molecular weight is 149 g/mol. The summed E-state index contributed by atoms with van der Waals surface area (Å²) in [6.45, 7) is 2.02. The predicted octanol–water partition coefficient (Wildman–Crippen LogP) is 1.98. The molecule has 1 nitrogen and oxygen atoms in total. The molecule has 0 aliphatic heterocycles. The minimum Gasteiger partial charge on any atom is -0.377 e. The molecule has 1 fully saturated rings. The van der Waals surface area contributed by atoms with Gasteiger partial charge in [0.25, 0.3) is 0 Å². The van der Waals surface area contributed by atoms with Gasteiger partial charge >= 0.3 is 0 Å². The second-order valence-electron chi connectivity index (χ2n) is 2.92. The fraction of sp³-hybridized carbons (Fsp3) is 1.00. The summed E-state index contributed by atoms with van der Waals surface area (Å²) in [4.78, 5) is 0. The van der Waals surface area contributed by atoms with Crippen LogP contribution >= 0.6 is 11.6 Å². The fourth-order valence-corrected chi connectivity index (χ4v) is 1.40. The van der Waals surface area contributed by atoms with Crippen molar-refractivity contribution in [3.05, 3.63) is 0 Å². The second-order valence-corrected chi connectivity index (χ2v) is 3.37. The molecule has 0 bridgehead atoms. The number of hydrogen-bond donors (Lipinski definition) is 1. The molecule has 1 aliphatic carbocycles. The van der Waals surface area contributed by atoms with Crippen LogP contribution < -0.4 is 0 Å². The Hall–Kier alpha value is 0.250. The molecule has 0 spiro atoms. The third-order valence-corrected chi connectivity index (χ3v) is 2.72. The van der Waals surface area contributed by atoms with Gasteiger partial charge in [-0.25, -0.2) is 0 Å². The summed E-state index contributed by atoms with van der Waals surface area (Å²) in [6, 6.07) is 0. The first kappa shape index (κ1) is 7.36. The Labute approximate surface area is 61.0 Å². The summed E-state index contributed by atoms with van der Waals surface area (Å²) < 4.78 is 0. The van der Waals surface area contributed by atoms with Gasteiger partial charge in [0, 0.05) is 0 Å². The van der Waals surface area contributed by atoms with Gasteiger partial charge in [-0.05, 0) is 11.8 Å². The Balaban J connectivity index is 2.23. The maximum Gasteiger partial charge on any atom is 0.130 e. The number of aliphatic hydroxyl groups is 1. The van der Waals surface area contributed by atoms with Crippen LogP contribution in [-0.4, -0.2) is 10.7 Å². The maximum absolute atomic E-state index is 8.92. The molecule has 0 heterocycles. The molecular weight excluding hydrogens is 136 g/mol. The van der Waals surface area contributed by atoms with Gasteiger partial charge < -0.3 is 5.11 Å². The van der Waals surface area contributed by atoms with Crippen molar-refractivity contribution in [2.75, 3.05) is 0 Å². The molecule has 1 rings (SSSR count). The van der Waals surface area contributed by atoms with E-state index in [0.717, 1.165) is 0 Å². The van der Waals surface area contributed by atoms with E-state index in [1.54, 1.807) is 0 Å². The van der Waals surface area contributed by atoms with E-state index < -0.39 is 5.56 Å². The van der Waals surface area contributed by atoms with Crippen molar-refractivity contribution in [2.45, 2.75) is 31.7 Å². The smallest absolute Gasteiger partial charge is 0.130 e. The van der Waals surface area contributed by atoms with E-state index in [4.69, 9.17) is 16.7 Å². The van der Waals surface area contributed by atoms with E-state index in [1.807, 2.05) is 6.92 Å². The highest BCUT2D eigenvalue weighted by molar-refractivity contribution is 6.19. The highest BCUT2D eigenvalue weighted by Crippen LogP contribution is 2.35. The summed E-state index contributed by atoms with van der Waals surface area (Å²) in [6.07, 6.45) is 3.83. The molecular formula is C7H13ClO. The van der Waals surface area contributed by atoms with Crippen LogP contribution in [0.15, 0.2) is 0 Å².